The van der Waals surface area contributed by atoms with Crippen molar-refractivity contribution in [1.82, 2.24) is 9.62 Å². The standard InChI is InChI=1S/C15H22N2O2S/c1-11-3-4-15(12(2)7-11)20(19,10-18)17-9-13-5-6-16-8-14(13)17/h3-4,7,10,13-14,16,19H,5-6,8-9H2,1-2H3. The van der Waals surface area contributed by atoms with E-state index in [0.29, 0.717) is 12.0 Å². The van der Waals surface area contributed by atoms with Crippen LogP contribution in [0.2, 0.25) is 0 Å². The highest BCUT2D eigenvalue weighted by molar-refractivity contribution is 8.37. The number of hydrogen-bond acceptors (Lipinski definition) is 4. The molecule has 3 unspecified atom stereocenters. The average Bonchev–Trinajstić information content (AvgIpc) is 2.40. The van der Waals surface area contributed by atoms with Gasteiger partial charge in [0.15, 0.2) is 5.62 Å². The van der Waals surface area contributed by atoms with Crippen molar-refractivity contribution in [3.8, 4) is 0 Å². The normalized spacial score (nSPS) is 30.8. The second-order valence-corrected chi connectivity index (χ2v) is 8.17. The van der Waals surface area contributed by atoms with Gasteiger partial charge in [0.2, 0.25) is 0 Å². The first-order chi connectivity index (χ1) is 9.56. The van der Waals surface area contributed by atoms with Gasteiger partial charge in [-0.25, -0.2) is 4.31 Å². The van der Waals surface area contributed by atoms with E-state index >= 15 is 0 Å². The van der Waals surface area contributed by atoms with Gasteiger partial charge in [-0.2, -0.15) is 0 Å². The third kappa shape index (κ3) is 2.09. The lowest BCUT2D eigenvalue weighted by molar-refractivity contribution is 0.0721. The number of benzene rings is 1. The number of rotatable bonds is 3. The first kappa shape index (κ1) is 14.1. The summed E-state index contributed by atoms with van der Waals surface area (Å²) in [5.74, 6) is 0.626. The SMILES string of the molecule is Cc1ccc(S(O)(C=O)N2CC3CCNCC32)c(C)c1. The van der Waals surface area contributed by atoms with Crippen molar-refractivity contribution in [1.29, 1.82) is 0 Å². The molecule has 4 nitrogen and oxygen atoms in total. The molecule has 2 aliphatic heterocycles. The fourth-order valence-corrected chi connectivity index (χ4v) is 5.71. The van der Waals surface area contributed by atoms with Gasteiger partial charge in [0.1, 0.15) is 0 Å². The molecule has 2 fully saturated rings. The summed E-state index contributed by atoms with van der Waals surface area (Å²) in [7, 11) is -2.50. The van der Waals surface area contributed by atoms with Crippen molar-refractivity contribution in [2.75, 3.05) is 19.6 Å². The number of nitrogens with one attached hydrogen (secondary N) is 1. The number of piperidine rings is 1. The van der Waals surface area contributed by atoms with Crippen LogP contribution in [0.25, 0.3) is 0 Å². The molecular formula is C15H22N2O2S. The molecule has 0 aromatic heterocycles. The van der Waals surface area contributed by atoms with Gasteiger partial charge in [-0.15, -0.1) is 0 Å². The minimum absolute atomic E-state index is 0.301. The zero-order valence-corrected chi connectivity index (χ0v) is 12.8. The second kappa shape index (κ2) is 5.15. The molecule has 5 heteroatoms. The van der Waals surface area contributed by atoms with Crippen LogP contribution in [-0.4, -0.2) is 40.2 Å². The van der Waals surface area contributed by atoms with Crippen LogP contribution in [0, 0.1) is 19.8 Å². The fraction of sp³-hybridized carbons (Fsp3) is 0.533. The number of fused-ring (bicyclic) bond motifs is 1. The summed E-state index contributed by atoms with van der Waals surface area (Å²) in [6, 6.07) is 6.22. The van der Waals surface area contributed by atoms with E-state index < -0.39 is 10.5 Å². The van der Waals surface area contributed by atoms with Crippen molar-refractivity contribution in [2.24, 2.45) is 5.92 Å². The first-order valence-electron chi connectivity index (χ1n) is 7.12. The first-order valence-corrected chi connectivity index (χ1v) is 8.73. The zero-order chi connectivity index (χ0) is 14.3. The van der Waals surface area contributed by atoms with E-state index in [1.54, 1.807) is 0 Å². The van der Waals surface area contributed by atoms with E-state index in [1.165, 1.54) is 0 Å². The van der Waals surface area contributed by atoms with Crippen LogP contribution < -0.4 is 5.32 Å². The predicted molar refractivity (Wildman–Crippen MR) is 82.6 cm³/mol. The van der Waals surface area contributed by atoms with Gasteiger partial charge in [0, 0.05) is 34.5 Å². The Kier molecular flexibility index (Phi) is 3.62. The predicted octanol–water partition coefficient (Wildman–Crippen LogP) is 2.34. The van der Waals surface area contributed by atoms with Crippen LogP contribution in [0.15, 0.2) is 23.1 Å². The van der Waals surface area contributed by atoms with Gasteiger partial charge in [-0.1, -0.05) is 17.7 Å². The molecule has 3 rings (SSSR count). The van der Waals surface area contributed by atoms with Gasteiger partial charge < -0.3 is 9.87 Å². The molecule has 0 spiro atoms. The lowest BCUT2D eigenvalue weighted by Gasteiger charge is -2.57. The summed E-state index contributed by atoms with van der Waals surface area (Å²) < 4.78 is 13.1. The monoisotopic (exact) mass is 294 g/mol. The summed E-state index contributed by atoms with van der Waals surface area (Å²) >= 11 is 0. The Hall–Kier alpha value is -0.880. The molecule has 0 saturated carbocycles. The Morgan fingerprint density at radius 1 is 1.45 bits per heavy atom. The van der Waals surface area contributed by atoms with E-state index in [1.807, 2.05) is 36.4 Å². The van der Waals surface area contributed by atoms with Crippen molar-refractivity contribution < 1.29 is 9.35 Å². The van der Waals surface area contributed by atoms with E-state index in [-0.39, 0.29) is 0 Å². The molecule has 0 amide bonds. The van der Waals surface area contributed by atoms with Crippen LogP contribution in [-0.2, 0) is 4.79 Å². The number of hydrogen-bond donors (Lipinski definition) is 2. The number of carbonyl (C=O) groups is 1. The molecule has 2 heterocycles. The highest BCUT2D eigenvalue weighted by Crippen LogP contribution is 2.59. The molecule has 3 atom stereocenters. The highest BCUT2D eigenvalue weighted by Gasteiger charge is 2.49. The lowest BCUT2D eigenvalue weighted by Crippen LogP contribution is -2.63. The lowest BCUT2D eigenvalue weighted by atomic mass is 9.86. The van der Waals surface area contributed by atoms with Crippen molar-refractivity contribution in [2.45, 2.75) is 31.2 Å². The van der Waals surface area contributed by atoms with Crippen LogP contribution in [0.1, 0.15) is 17.5 Å². The maximum absolute atomic E-state index is 11.7. The quantitative estimate of drug-likeness (QED) is 0.840. The summed E-state index contributed by atoms with van der Waals surface area (Å²) in [6.45, 7) is 6.76. The smallest absolute Gasteiger partial charge is 0.198 e. The van der Waals surface area contributed by atoms with Gasteiger partial charge in [0.05, 0.1) is 0 Å². The maximum Gasteiger partial charge on any atom is 0.198 e. The van der Waals surface area contributed by atoms with E-state index in [2.05, 4.69) is 5.32 Å². The molecule has 1 aromatic rings. The topological polar surface area (TPSA) is 52.6 Å². The summed E-state index contributed by atoms with van der Waals surface area (Å²) in [5, 5.41) is 3.36. The fourth-order valence-electron chi connectivity index (χ4n) is 3.36. The Bertz CT molecular complexity index is 537. The van der Waals surface area contributed by atoms with Crippen LogP contribution in [0.4, 0.5) is 0 Å². The Labute approximate surface area is 121 Å². The third-order valence-corrected chi connectivity index (χ3v) is 7.03. The Morgan fingerprint density at radius 2 is 2.25 bits per heavy atom. The molecule has 2 saturated heterocycles. The summed E-state index contributed by atoms with van der Waals surface area (Å²) in [6.07, 6.45) is 1.14. The van der Waals surface area contributed by atoms with Crippen molar-refractivity contribution >= 4 is 16.1 Å². The summed E-state index contributed by atoms with van der Waals surface area (Å²) in [4.78, 5) is 12.5. The summed E-state index contributed by atoms with van der Waals surface area (Å²) in [5.41, 5.74) is 2.93. The molecule has 2 aliphatic rings. The van der Waals surface area contributed by atoms with Crippen LogP contribution in [0.5, 0.6) is 0 Å². The van der Waals surface area contributed by atoms with Gasteiger partial charge in [0.25, 0.3) is 0 Å². The van der Waals surface area contributed by atoms with Crippen LogP contribution in [0.3, 0.4) is 0 Å². The third-order valence-electron chi connectivity index (χ3n) is 4.52. The molecule has 0 aliphatic carbocycles. The van der Waals surface area contributed by atoms with Gasteiger partial charge >= 0.3 is 0 Å². The molecular weight excluding hydrogens is 272 g/mol. The van der Waals surface area contributed by atoms with E-state index in [4.69, 9.17) is 0 Å². The van der Waals surface area contributed by atoms with Crippen molar-refractivity contribution in [3.05, 3.63) is 29.3 Å². The minimum atomic E-state index is -2.50. The van der Waals surface area contributed by atoms with Gasteiger partial charge in [-0.05, 0) is 44.4 Å². The molecule has 0 bridgehead atoms. The van der Waals surface area contributed by atoms with Gasteiger partial charge in [-0.3, -0.25) is 4.79 Å². The Balaban J connectivity index is 1.93. The van der Waals surface area contributed by atoms with E-state index in [9.17, 15) is 9.35 Å². The number of carbonyl (C=O) groups excluding carboxylic acids is 1. The Morgan fingerprint density at radius 3 is 2.90 bits per heavy atom. The molecule has 20 heavy (non-hydrogen) atoms. The highest BCUT2D eigenvalue weighted by atomic mass is 32.3. The largest absolute Gasteiger partial charge is 0.327 e. The van der Waals surface area contributed by atoms with Crippen LogP contribution >= 0.6 is 10.5 Å². The molecule has 1 aromatic carbocycles. The number of aryl methyl sites for hydroxylation is 2. The van der Waals surface area contributed by atoms with Crippen molar-refractivity contribution in [3.63, 3.8) is 0 Å². The maximum atomic E-state index is 11.7. The molecule has 110 valence electrons. The average molecular weight is 294 g/mol. The zero-order valence-electron chi connectivity index (χ0n) is 12.0. The van der Waals surface area contributed by atoms with E-state index in [0.717, 1.165) is 47.7 Å². The molecule has 2 N–H and O–H groups in total. The molecule has 0 radical (unpaired) electrons. The second-order valence-electron chi connectivity index (χ2n) is 5.88. The number of nitrogens with zero attached hydrogens (tertiary/aromatic N) is 1. The minimum Gasteiger partial charge on any atom is -0.327 e.